The standard InChI is InChI=1S/C20H19NO5/c1-4-26-19(22)12-17-16-11-15(25-3)9-10-18(16)21(20(17)23)13-5-7-14(24-2)8-6-13/h5-12H,4H2,1-3H3/b17-12+. The van der Waals surface area contributed by atoms with Crippen molar-refractivity contribution in [3.05, 3.63) is 54.1 Å². The van der Waals surface area contributed by atoms with Crippen LogP contribution in [-0.4, -0.2) is 32.7 Å². The Morgan fingerprint density at radius 2 is 1.69 bits per heavy atom. The Balaban J connectivity index is 2.10. The van der Waals surface area contributed by atoms with Crippen LogP contribution in [0.2, 0.25) is 0 Å². The number of nitrogens with zero attached hydrogens (tertiary/aromatic N) is 1. The summed E-state index contributed by atoms with van der Waals surface area (Å²) in [6.45, 7) is 1.96. The summed E-state index contributed by atoms with van der Waals surface area (Å²) in [6.07, 6.45) is 1.23. The minimum atomic E-state index is -0.554. The Kier molecular flexibility index (Phi) is 4.93. The molecule has 0 radical (unpaired) electrons. The van der Waals surface area contributed by atoms with E-state index in [9.17, 15) is 9.59 Å². The van der Waals surface area contributed by atoms with Crippen molar-refractivity contribution in [1.82, 2.24) is 0 Å². The Labute approximate surface area is 151 Å². The maximum absolute atomic E-state index is 13.0. The molecule has 2 aromatic rings. The minimum absolute atomic E-state index is 0.240. The molecule has 1 amide bonds. The van der Waals surface area contributed by atoms with E-state index in [1.54, 1.807) is 68.5 Å². The number of ether oxygens (including phenoxy) is 3. The van der Waals surface area contributed by atoms with Gasteiger partial charge in [0.05, 0.1) is 32.1 Å². The molecule has 0 saturated heterocycles. The summed E-state index contributed by atoms with van der Waals surface area (Å²) in [7, 11) is 3.13. The molecule has 0 N–H and O–H groups in total. The van der Waals surface area contributed by atoms with Crippen LogP contribution in [0.15, 0.2) is 48.5 Å². The molecule has 3 rings (SSSR count). The molecule has 0 unspecified atom stereocenters. The van der Waals surface area contributed by atoms with Crippen molar-refractivity contribution in [2.45, 2.75) is 6.92 Å². The highest BCUT2D eigenvalue weighted by molar-refractivity contribution is 6.36. The lowest BCUT2D eigenvalue weighted by molar-refractivity contribution is -0.137. The molecule has 1 aliphatic rings. The van der Waals surface area contributed by atoms with Gasteiger partial charge in [0.25, 0.3) is 5.91 Å². The molecule has 6 nitrogen and oxygen atoms in total. The van der Waals surface area contributed by atoms with Crippen molar-refractivity contribution in [2.75, 3.05) is 25.7 Å². The number of fused-ring (bicyclic) bond motifs is 1. The smallest absolute Gasteiger partial charge is 0.331 e. The zero-order valence-electron chi connectivity index (χ0n) is 14.8. The SMILES string of the molecule is CCOC(=O)/C=C1/C(=O)N(c2ccc(OC)cc2)c2ccc(OC)cc21. The number of benzene rings is 2. The largest absolute Gasteiger partial charge is 0.497 e. The van der Waals surface area contributed by atoms with Gasteiger partial charge in [-0.05, 0) is 49.4 Å². The number of methoxy groups -OCH3 is 2. The summed E-state index contributed by atoms with van der Waals surface area (Å²) in [5, 5.41) is 0. The topological polar surface area (TPSA) is 65.1 Å². The van der Waals surface area contributed by atoms with Crippen molar-refractivity contribution in [3.8, 4) is 11.5 Å². The fourth-order valence-corrected chi connectivity index (χ4v) is 2.83. The first kappa shape index (κ1) is 17.5. The molecule has 134 valence electrons. The average Bonchev–Trinajstić information content (AvgIpc) is 2.93. The van der Waals surface area contributed by atoms with Gasteiger partial charge in [-0.15, -0.1) is 0 Å². The number of anilines is 2. The van der Waals surface area contributed by atoms with Gasteiger partial charge in [-0.1, -0.05) is 0 Å². The van der Waals surface area contributed by atoms with E-state index in [0.29, 0.717) is 28.4 Å². The van der Waals surface area contributed by atoms with E-state index in [1.165, 1.54) is 6.08 Å². The molecule has 1 heterocycles. The lowest BCUT2D eigenvalue weighted by Gasteiger charge is -2.17. The number of amides is 1. The minimum Gasteiger partial charge on any atom is -0.497 e. The van der Waals surface area contributed by atoms with Gasteiger partial charge in [0.2, 0.25) is 0 Å². The van der Waals surface area contributed by atoms with Gasteiger partial charge in [0.1, 0.15) is 11.5 Å². The third-order valence-electron chi connectivity index (χ3n) is 4.05. The molecule has 0 atom stereocenters. The first-order valence-corrected chi connectivity index (χ1v) is 8.14. The second kappa shape index (κ2) is 7.31. The molecule has 0 bridgehead atoms. The van der Waals surface area contributed by atoms with Gasteiger partial charge in [-0.2, -0.15) is 0 Å². The van der Waals surface area contributed by atoms with Gasteiger partial charge in [0, 0.05) is 17.3 Å². The second-order valence-electron chi connectivity index (χ2n) is 5.53. The van der Waals surface area contributed by atoms with Crippen LogP contribution in [0.25, 0.3) is 5.57 Å². The van der Waals surface area contributed by atoms with Gasteiger partial charge in [-0.25, -0.2) is 4.79 Å². The zero-order valence-corrected chi connectivity index (χ0v) is 14.8. The van der Waals surface area contributed by atoms with Crippen molar-refractivity contribution >= 4 is 28.8 Å². The molecule has 6 heteroatoms. The molecule has 2 aromatic carbocycles. The van der Waals surface area contributed by atoms with Crippen LogP contribution in [0.3, 0.4) is 0 Å². The maximum atomic E-state index is 13.0. The number of carbonyl (C=O) groups is 2. The van der Waals surface area contributed by atoms with Crippen molar-refractivity contribution in [3.63, 3.8) is 0 Å². The van der Waals surface area contributed by atoms with Gasteiger partial charge < -0.3 is 14.2 Å². The van der Waals surface area contributed by atoms with E-state index in [-0.39, 0.29) is 18.1 Å². The van der Waals surface area contributed by atoms with Crippen LogP contribution < -0.4 is 14.4 Å². The lowest BCUT2D eigenvalue weighted by atomic mass is 10.1. The quantitative estimate of drug-likeness (QED) is 0.609. The van der Waals surface area contributed by atoms with Crippen LogP contribution in [0.5, 0.6) is 11.5 Å². The van der Waals surface area contributed by atoms with E-state index in [2.05, 4.69) is 0 Å². The molecule has 0 aromatic heterocycles. The summed E-state index contributed by atoms with van der Waals surface area (Å²) < 4.78 is 15.4. The summed E-state index contributed by atoms with van der Waals surface area (Å²) in [4.78, 5) is 26.5. The van der Waals surface area contributed by atoms with Gasteiger partial charge in [-0.3, -0.25) is 9.69 Å². The highest BCUT2D eigenvalue weighted by Gasteiger charge is 2.34. The molecular formula is C20H19NO5. The first-order chi connectivity index (χ1) is 12.6. The predicted octanol–water partition coefficient (Wildman–Crippen LogP) is 3.33. The molecule has 1 aliphatic heterocycles. The number of hydrogen-bond acceptors (Lipinski definition) is 5. The summed E-state index contributed by atoms with van der Waals surface area (Å²) >= 11 is 0. The third kappa shape index (κ3) is 3.13. The summed E-state index contributed by atoms with van der Waals surface area (Å²) in [6, 6.07) is 12.4. The number of rotatable bonds is 5. The highest BCUT2D eigenvalue weighted by Crippen LogP contribution is 2.43. The fourth-order valence-electron chi connectivity index (χ4n) is 2.83. The van der Waals surface area contributed by atoms with Crippen molar-refractivity contribution in [1.29, 1.82) is 0 Å². The van der Waals surface area contributed by atoms with Crippen LogP contribution in [0.4, 0.5) is 11.4 Å². The Hall–Kier alpha value is -3.28. The Bertz CT molecular complexity index is 870. The van der Waals surface area contributed by atoms with E-state index in [0.717, 1.165) is 0 Å². The van der Waals surface area contributed by atoms with Gasteiger partial charge >= 0.3 is 5.97 Å². The van der Waals surface area contributed by atoms with E-state index >= 15 is 0 Å². The Morgan fingerprint density at radius 1 is 1.04 bits per heavy atom. The third-order valence-corrected chi connectivity index (χ3v) is 4.05. The van der Waals surface area contributed by atoms with Crippen LogP contribution in [0, 0.1) is 0 Å². The van der Waals surface area contributed by atoms with Crippen LogP contribution in [-0.2, 0) is 14.3 Å². The average molecular weight is 353 g/mol. The van der Waals surface area contributed by atoms with Gasteiger partial charge in [0.15, 0.2) is 0 Å². The molecular weight excluding hydrogens is 334 g/mol. The fraction of sp³-hybridized carbons (Fsp3) is 0.200. The molecule has 0 aliphatic carbocycles. The van der Waals surface area contributed by atoms with Crippen molar-refractivity contribution in [2.24, 2.45) is 0 Å². The van der Waals surface area contributed by atoms with E-state index < -0.39 is 5.97 Å². The normalized spacial score (nSPS) is 14.3. The Morgan fingerprint density at radius 3 is 2.31 bits per heavy atom. The molecule has 0 spiro atoms. The molecule has 0 saturated carbocycles. The highest BCUT2D eigenvalue weighted by atomic mass is 16.5. The van der Waals surface area contributed by atoms with E-state index in [4.69, 9.17) is 14.2 Å². The number of carbonyl (C=O) groups excluding carboxylic acids is 2. The van der Waals surface area contributed by atoms with Crippen LogP contribution in [0.1, 0.15) is 12.5 Å². The number of hydrogen-bond donors (Lipinski definition) is 0. The summed E-state index contributed by atoms with van der Waals surface area (Å²) in [5.74, 6) is 0.438. The summed E-state index contributed by atoms with van der Waals surface area (Å²) in [5.41, 5.74) is 2.25. The van der Waals surface area contributed by atoms with Crippen molar-refractivity contribution < 1.29 is 23.8 Å². The maximum Gasteiger partial charge on any atom is 0.331 e. The molecule has 26 heavy (non-hydrogen) atoms. The number of esters is 1. The predicted molar refractivity (Wildman–Crippen MR) is 97.7 cm³/mol. The monoisotopic (exact) mass is 353 g/mol. The zero-order chi connectivity index (χ0) is 18.7. The second-order valence-corrected chi connectivity index (χ2v) is 5.53. The first-order valence-electron chi connectivity index (χ1n) is 8.14. The lowest BCUT2D eigenvalue weighted by Crippen LogP contribution is -2.20. The van der Waals surface area contributed by atoms with Crippen LogP contribution >= 0.6 is 0 Å². The van der Waals surface area contributed by atoms with E-state index in [1.807, 2.05) is 0 Å². The molecule has 0 fully saturated rings.